The van der Waals surface area contributed by atoms with Gasteiger partial charge in [-0.15, -0.1) is 0 Å². The Kier molecular flexibility index (Phi) is 4.40. The molecule has 2 aromatic carbocycles. The molecule has 0 aliphatic heterocycles. The zero-order valence-corrected chi connectivity index (χ0v) is 13.2. The van der Waals surface area contributed by atoms with Crippen LogP contribution in [0, 0.1) is 18.3 Å². The number of rotatable bonds is 4. The molecule has 24 heavy (non-hydrogen) atoms. The molecule has 0 amide bonds. The van der Waals surface area contributed by atoms with Crippen molar-refractivity contribution in [2.45, 2.75) is 6.92 Å². The molecule has 116 valence electrons. The van der Waals surface area contributed by atoms with Crippen LogP contribution in [0.5, 0.6) is 0 Å². The summed E-state index contributed by atoms with van der Waals surface area (Å²) in [5.41, 5.74) is 3.53. The summed E-state index contributed by atoms with van der Waals surface area (Å²) < 4.78 is 5.14. The summed E-state index contributed by atoms with van der Waals surface area (Å²) in [6.45, 7) is 1.71. The standard InChI is InChI=1S/C21H15NO2/c1-15-20(11-12-24-15)21(23)19(14-22)13-16-7-9-18(10-8-16)17-5-3-2-4-6-17/h2-13H,1H3/b19-13+. The first-order valence-electron chi connectivity index (χ1n) is 7.55. The van der Waals surface area contributed by atoms with Crippen LogP contribution in [-0.2, 0) is 0 Å². The molecule has 0 unspecified atom stereocenters. The number of carbonyl (C=O) groups excluding carboxylic acids is 1. The number of ketones is 1. The number of hydrogen-bond acceptors (Lipinski definition) is 3. The number of benzene rings is 2. The quantitative estimate of drug-likeness (QED) is 0.385. The average molecular weight is 313 g/mol. The van der Waals surface area contributed by atoms with Gasteiger partial charge in [0.2, 0.25) is 5.78 Å². The normalized spacial score (nSPS) is 11.1. The third kappa shape index (κ3) is 3.18. The first-order valence-corrected chi connectivity index (χ1v) is 7.55. The Balaban J connectivity index is 1.88. The van der Waals surface area contributed by atoms with Crippen molar-refractivity contribution in [1.82, 2.24) is 0 Å². The van der Waals surface area contributed by atoms with Crippen LogP contribution in [0.3, 0.4) is 0 Å². The lowest BCUT2D eigenvalue weighted by molar-refractivity contribution is 0.103. The topological polar surface area (TPSA) is 54.0 Å². The van der Waals surface area contributed by atoms with E-state index in [-0.39, 0.29) is 11.4 Å². The first kappa shape index (κ1) is 15.5. The van der Waals surface area contributed by atoms with Crippen LogP contribution in [-0.4, -0.2) is 5.78 Å². The summed E-state index contributed by atoms with van der Waals surface area (Å²) in [5, 5.41) is 9.31. The van der Waals surface area contributed by atoms with Crippen LogP contribution in [0.25, 0.3) is 17.2 Å². The average Bonchev–Trinajstić information content (AvgIpc) is 3.06. The second kappa shape index (κ2) is 6.80. The third-order valence-corrected chi connectivity index (χ3v) is 3.80. The summed E-state index contributed by atoms with van der Waals surface area (Å²) in [6.07, 6.45) is 3.05. The highest BCUT2D eigenvalue weighted by atomic mass is 16.3. The lowest BCUT2D eigenvalue weighted by Crippen LogP contribution is -2.02. The fourth-order valence-corrected chi connectivity index (χ4v) is 2.48. The molecule has 3 rings (SSSR count). The molecule has 0 aliphatic rings. The number of Topliss-reactive ketones (excluding diaryl/α,β-unsaturated/α-hetero) is 1. The Morgan fingerprint density at radius 1 is 1.00 bits per heavy atom. The van der Waals surface area contributed by atoms with Crippen LogP contribution in [0.1, 0.15) is 21.7 Å². The molecule has 0 radical (unpaired) electrons. The van der Waals surface area contributed by atoms with Crippen molar-refractivity contribution in [2.75, 3.05) is 0 Å². The number of carbonyl (C=O) groups is 1. The minimum absolute atomic E-state index is 0.0898. The number of nitriles is 1. The molecule has 0 N–H and O–H groups in total. The summed E-state index contributed by atoms with van der Waals surface area (Å²) in [7, 11) is 0. The molecule has 0 bridgehead atoms. The van der Waals surface area contributed by atoms with E-state index >= 15 is 0 Å². The molecule has 3 aromatic rings. The van der Waals surface area contributed by atoms with Crippen LogP contribution in [0.2, 0.25) is 0 Å². The van der Waals surface area contributed by atoms with Gasteiger partial charge in [0.1, 0.15) is 17.4 Å². The zero-order valence-electron chi connectivity index (χ0n) is 13.2. The van der Waals surface area contributed by atoms with E-state index in [1.54, 1.807) is 19.1 Å². The Hall–Kier alpha value is -3.38. The van der Waals surface area contributed by atoms with Gasteiger partial charge in [-0.25, -0.2) is 0 Å². The Morgan fingerprint density at radius 2 is 1.67 bits per heavy atom. The molecule has 3 heteroatoms. The van der Waals surface area contributed by atoms with Crippen molar-refractivity contribution in [3.05, 3.63) is 89.4 Å². The molecule has 0 spiro atoms. The number of aryl methyl sites for hydroxylation is 1. The highest BCUT2D eigenvalue weighted by Gasteiger charge is 2.16. The van der Waals surface area contributed by atoms with Gasteiger partial charge in [0, 0.05) is 0 Å². The molecule has 1 aromatic heterocycles. The molecule has 0 saturated heterocycles. The van der Waals surface area contributed by atoms with Gasteiger partial charge in [-0.1, -0.05) is 54.6 Å². The van der Waals surface area contributed by atoms with E-state index in [2.05, 4.69) is 0 Å². The number of allylic oxidation sites excluding steroid dienone is 1. The molecule has 1 heterocycles. The fraction of sp³-hybridized carbons (Fsp3) is 0.0476. The second-order valence-electron chi connectivity index (χ2n) is 5.38. The van der Waals surface area contributed by atoms with Gasteiger partial charge in [-0.3, -0.25) is 4.79 Å². The van der Waals surface area contributed by atoms with Gasteiger partial charge in [0.25, 0.3) is 0 Å². The molecule has 0 aliphatic carbocycles. The highest BCUT2D eigenvalue weighted by Crippen LogP contribution is 2.21. The first-order chi connectivity index (χ1) is 11.7. The summed E-state index contributed by atoms with van der Waals surface area (Å²) in [4.78, 5) is 12.4. The highest BCUT2D eigenvalue weighted by molar-refractivity contribution is 6.14. The van der Waals surface area contributed by atoms with Gasteiger partial charge in [0.05, 0.1) is 11.8 Å². The van der Waals surface area contributed by atoms with E-state index in [1.807, 2.05) is 60.7 Å². The minimum Gasteiger partial charge on any atom is -0.469 e. The van der Waals surface area contributed by atoms with Gasteiger partial charge in [0.15, 0.2) is 0 Å². The Bertz CT molecular complexity index is 926. The van der Waals surface area contributed by atoms with E-state index in [0.29, 0.717) is 11.3 Å². The summed E-state index contributed by atoms with van der Waals surface area (Å²) in [6, 6.07) is 21.3. The van der Waals surface area contributed by atoms with Gasteiger partial charge >= 0.3 is 0 Å². The van der Waals surface area contributed by atoms with Crippen molar-refractivity contribution < 1.29 is 9.21 Å². The van der Waals surface area contributed by atoms with Gasteiger partial charge in [-0.2, -0.15) is 5.26 Å². The van der Waals surface area contributed by atoms with Crippen LogP contribution >= 0.6 is 0 Å². The predicted octanol–water partition coefficient (Wildman–Crippen LogP) is 5.04. The maximum Gasteiger partial charge on any atom is 0.207 e. The Morgan fingerprint density at radius 3 is 2.25 bits per heavy atom. The van der Waals surface area contributed by atoms with Crippen molar-refractivity contribution in [3.63, 3.8) is 0 Å². The lowest BCUT2D eigenvalue weighted by atomic mass is 10.0. The van der Waals surface area contributed by atoms with E-state index < -0.39 is 0 Å². The van der Waals surface area contributed by atoms with E-state index in [9.17, 15) is 10.1 Å². The number of furan rings is 1. The second-order valence-corrected chi connectivity index (χ2v) is 5.38. The SMILES string of the molecule is Cc1occc1C(=O)/C(C#N)=C/c1ccc(-c2ccccc2)cc1. The van der Waals surface area contributed by atoms with E-state index in [0.717, 1.165) is 16.7 Å². The van der Waals surface area contributed by atoms with Crippen LogP contribution in [0.15, 0.2) is 76.9 Å². The molecular formula is C21H15NO2. The molecule has 0 saturated carbocycles. The maximum atomic E-state index is 12.4. The molecule has 3 nitrogen and oxygen atoms in total. The van der Waals surface area contributed by atoms with Gasteiger partial charge < -0.3 is 4.42 Å². The monoisotopic (exact) mass is 313 g/mol. The van der Waals surface area contributed by atoms with E-state index in [4.69, 9.17) is 4.42 Å². The number of nitrogens with zero attached hydrogens (tertiary/aromatic N) is 1. The van der Waals surface area contributed by atoms with Crippen molar-refractivity contribution >= 4 is 11.9 Å². The van der Waals surface area contributed by atoms with Crippen molar-refractivity contribution in [2.24, 2.45) is 0 Å². The van der Waals surface area contributed by atoms with Crippen molar-refractivity contribution in [3.8, 4) is 17.2 Å². The van der Waals surface area contributed by atoms with Crippen LogP contribution < -0.4 is 0 Å². The molecular weight excluding hydrogens is 298 g/mol. The fourth-order valence-electron chi connectivity index (χ4n) is 2.48. The van der Waals surface area contributed by atoms with Gasteiger partial charge in [-0.05, 0) is 35.8 Å². The Labute approximate surface area is 140 Å². The molecule has 0 fully saturated rings. The number of hydrogen-bond donors (Lipinski definition) is 0. The zero-order chi connectivity index (χ0) is 16.9. The maximum absolute atomic E-state index is 12.4. The predicted molar refractivity (Wildman–Crippen MR) is 93.2 cm³/mol. The smallest absolute Gasteiger partial charge is 0.207 e. The minimum atomic E-state index is -0.323. The third-order valence-electron chi connectivity index (χ3n) is 3.80. The summed E-state index contributed by atoms with van der Waals surface area (Å²) in [5.74, 6) is 0.191. The summed E-state index contributed by atoms with van der Waals surface area (Å²) >= 11 is 0. The van der Waals surface area contributed by atoms with E-state index in [1.165, 1.54) is 6.26 Å². The van der Waals surface area contributed by atoms with Crippen molar-refractivity contribution in [1.29, 1.82) is 5.26 Å². The van der Waals surface area contributed by atoms with Crippen LogP contribution in [0.4, 0.5) is 0 Å². The molecule has 0 atom stereocenters. The lowest BCUT2D eigenvalue weighted by Gasteiger charge is -2.02. The largest absolute Gasteiger partial charge is 0.469 e.